The first-order chi connectivity index (χ1) is 9.99. The average molecular weight is 323 g/mol. The van der Waals surface area contributed by atoms with Crippen molar-refractivity contribution in [3.63, 3.8) is 0 Å². The van der Waals surface area contributed by atoms with Crippen molar-refractivity contribution in [3.05, 3.63) is 64.6 Å². The van der Waals surface area contributed by atoms with Crippen LogP contribution in [0.5, 0.6) is 0 Å². The van der Waals surface area contributed by atoms with Gasteiger partial charge >= 0.3 is 0 Å². The number of halogens is 3. The molecule has 0 aliphatic rings. The Morgan fingerprint density at radius 1 is 1.00 bits per heavy atom. The van der Waals surface area contributed by atoms with Crippen molar-refractivity contribution in [1.29, 1.82) is 0 Å². The van der Waals surface area contributed by atoms with E-state index in [1.165, 1.54) is 16.8 Å². The number of aromatic nitrogens is 1. The molecule has 0 bridgehead atoms. The Morgan fingerprint density at radius 3 is 2.32 bits per heavy atom. The van der Waals surface area contributed by atoms with Gasteiger partial charge in [0.2, 0.25) is 0 Å². The van der Waals surface area contributed by atoms with E-state index < -0.39 is 11.6 Å². The predicted octanol–water partition coefficient (Wildman–Crippen LogP) is 3.49. The van der Waals surface area contributed by atoms with Gasteiger partial charge in [-0.2, -0.15) is 0 Å². The number of hydrogen-bond donors (Lipinski definition) is 1. The second-order valence-corrected chi connectivity index (χ2v) is 4.86. The van der Waals surface area contributed by atoms with Crippen molar-refractivity contribution in [2.24, 2.45) is 7.05 Å². The average Bonchev–Trinajstić information content (AvgIpc) is 2.47. The molecular weight excluding hydrogens is 310 g/mol. The van der Waals surface area contributed by atoms with Crippen LogP contribution in [0.2, 0.25) is 0 Å². The minimum atomic E-state index is -0.801. The smallest absolute Gasteiger partial charge is 0.258 e. The summed E-state index contributed by atoms with van der Waals surface area (Å²) < 4.78 is 28.8. The van der Waals surface area contributed by atoms with Crippen LogP contribution >= 0.6 is 12.4 Å². The summed E-state index contributed by atoms with van der Waals surface area (Å²) in [6, 6.07) is 8.90. The molecule has 3 aromatic rings. The van der Waals surface area contributed by atoms with E-state index in [1.54, 1.807) is 31.3 Å². The van der Waals surface area contributed by atoms with Crippen LogP contribution in [0.25, 0.3) is 21.9 Å². The topological polar surface area (TPSA) is 48.0 Å². The highest BCUT2D eigenvalue weighted by Gasteiger charge is 2.14. The summed E-state index contributed by atoms with van der Waals surface area (Å²) >= 11 is 0. The van der Waals surface area contributed by atoms with Crippen molar-refractivity contribution in [2.75, 3.05) is 5.73 Å². The van der Waals surface area contributed by atoms with Crippen molar-refractivity contribution in [3.8, 4) is 11.1 Å². The largest absolute Gasteiger partial charge is 0.396 e. The van der Waals surface area contributed by atoms with Crippen molar-refractivity contribution < 1.29 is 8.78 Å². The fraction of sp³-hybridized carbons (Fsp3) is 0.0625. The normalized spacial score (nSPS) is 10.5. The first-order valence-corrected chi connectivity index (χ1v) is 6.32. The van der Waals surface area contributed by atoms with E-state index in [9.17, 15) is 13.6 Å². The zero-order valence-electron chi connectivity index (χ0n) is 11.6. The number of aryl methyl sites for hydroxylation is 1. The number of benzene rings is 2. The molecule has 6 heteroatoms. The van der Waals surface area contributed by atoms with Gasteiger partial charge in [-0.25, -0.2) is 8.78 Å². The molecule has 114 valence electrons. The molecule has 3 rings (SSSR count). The zero-order valence-corrected chi connectivity index (χ0v) is 12.5. The fourth-order valence-corrected chi connectivity index (χ4v) is 2.40. The number of fused-ring (bicyclic) bond motifs is 1. The summed E-state index contributed by atoms with van der Waals surface area (Å²) in [7, 11) is 1.59. The Hall–Kier alpha value is -2.40. The third-order valence-corrected chi connectivity index (χ3v) is 3.47. The van der Waals surface area contributed by atoms with E-state index >= 15 is 0 Å². The maximum absolute atomic E-state index is 14.1. The molecule has 3 nitrogen and oxygen atoms in total. The monoisotopic (exact) mass is 322 g/mol. The van der Waals surface area contributed by atoms with Gasteiger partial charge in [0.15, 0.2) is 0 Å². The molecule has 0 atom stereocenters. The van der Waals surface area contributed by atoms with Gasteiger partial charge in [0.05, 0.1) is 5.69 Å². The number of nitrogens with two attached hydrogens (primary N) is 1. The molecular formula is C16H13ClF2N2O. The number of hydrogen-bond acceptors (Lipinski definition) is 2. The quantitative estimate of drug-likeness (QED) is 0.697. The standard InChI is InChI=1S/C16H12F2N2O.ClH/c1-20-8-12(9-4-2-3-5-10(9)16(20)21)11-6-15(19)14(18)7-13(11)17;/h2-8H,19H2,1H3;1H. The molecule has 2 aromatic carbocycles. The van der Waals surface area contributed by atoms with Crippen LogP contribution in [0.15, 0.2) is 47.4 Å². The molecule has 2 N–H and O–H groups in total. The molecule has 0 saturated carbocycles. The SMILES string of the molecule is Cl.Cn1cc(-c2cc(N)c(F)cc2F)c2ccccc2c1=O. The second kappa shape index (κ2) is 5.77. The third kappa shape index (κ3) is 2.44. The molecule has 0 saturated heterocycles. The fourth-order valence-electron chi connectivity index (χ4n) is 2.40. The van der Waals surface area contributed by atoms with E-state index in [4.69, 9.17) is 5.73 Å². The molecule has 1 heterocycles. The Kier molecular flexibility index (Phi) is 4.19. The minimum absolute atomic E-state index is 0. The van der Waals surface area contributed by atoms with Crippen molar-refractivity contribution in [1.82, 2.24) is 4.57 Å². The van der Waals surface area contributed by atoms with Crippen LogP contribution in [0.4, 0.5) is 14.5 Å². The molecule has 0 spiro atoms. The van der Waals surface area contributed by atoms with Crippen LogP contribution in [0, 0.1) is 11.6 Å². The molecule has 0 aliphatic heterocycles. The molecule has 22 heavy (non-hydrogen) atoms. The van der Waals surface area contributed by atoms with Gasteiger partial charge in [-0.1, -0.05) is 18.2 Å². The second-order valence-electron chi connectivity index (χ2n) is 4.86. The van der Waals surface area contributed by atoms with Gasteiger partial charge in [-0.15, -0.1) is 12.4 Å². The molecule has 0 fully saturated rings. The van der Waals surface area contributed by atoms with Crippen molar-refractivity contribution in [2.45, 2.75) is 0 Å². The number of rotatable bonds is 1. The first kappa shape index (κ1) is 16.0. The lowest BCUT2D eigenvalue weighted by atomic mass is 9.99. The lowest BCUT2D eigenvalue weighted by Gasteiger charge is -2.11. The number of nitrogen functional groups attached to an aromatic ring is 1. The molecule has 0 aliphatic carbocycles. The number of nitrogens with zero attached hydrogens (tertiary/aromatic N) is 1. The maximum Gasteiger partial charge on any atom is 0.258 e. The molecule has 0 unspecified atom stereocenters. The van der Waals surface area contributed by atoms with Gasteiger partial charge in [-0.05, 0) is 17.5 Å². The summed E-state index contributed by atoms with van der Waals surface area (Å²) in [5, 5.41) is 1.07. The molecule has 0 amide bonds. The van der Waals surface area contributed by atoms with E-state index in [1.807, 2.05) is 0 Å². The van der Waals surface area contributed by atoms with Crippen LogP contribution in [0.3, 0.4) is 0 Å². The van der Waals surface area contributed by atoms with Gasteiger partial charge in [0.1, 0.15) is 11.6 Å². The number of pyridine rings is 1. The van der Waals surface area contributed by atoms with Gasteiger partial charge in [-0.3, -0.25) is 4.79 Å². The number of anilines is 1. The van der Waals surface area contributed by atoms with Gasteiger partial charge in [0.25, 0.3) is 5.56 Å². The highest BCUT2D eigenvalue weighted by molar-refractivity contribution is 5.96. The summed E-state index contributed by atoms with van der Waals surface area (Å²) in [6.45, 7) is 0. The van der Waals surface area contributed by atoms with E-state index in [-0.39, 0.29) is 29.2 Å². The lowest BCUT2D eigenvalue weighted by Crippen LogP contribution is -2.16. The lowest BCUT2D eigenvalue weighted by molar-refractivity contribution is 0.588. The van der Waals surface area contributed by atoms with Crippen molar-refractivity contribution >= 4 is 28.9 Å². The van der Waals surface area contributed by atoms with Crippen LogP contribution in [0.1, 0.15) is 0 Å². The van der Waals surface area contributed by atoms with E-state index in [2.05, 4.69) is 0 Å². The Labute approximate surface area is 131 Å². The first-order valence-electron chi connectivity index (χ1n) is 6.32. The molecule has 1 aromatic heterocycles. The summed E-state index contributed by atoms with van der Waals surface area (Å²) in [5.41, 5.74) is 5.88. The van der Waals surface area contributed by atoms with Crippen LogP contribution < -0.4 is 11.3 Å². The molecule has 0 radical (unpaired) electrons. The summed E-state index contributed by atoms with van der Waals surface area (Å²) in [4.78, 5) is 12.1. The van der Waals surface area contributed by atoms with E-state index in [0.29, 0.717) is 16.3 Å². The van der Waals surface area contributed by atoms with Crippen LogP contribution in [-0.4, -0.2) is 4.57 Å². The zero-order chi connectivity index (χ0) is 15.1. The van der Waals surface area contributed by atoms with Gasteiger partial charge in [0, 0.05) is 35.8 Å². The predicted molar refractivity (Wildman–Crippen MR) is 86.2 cm³/mol. The highest BCUT2D eigenvalue weighted by atomic mass is 35.5. The third-order valence-electron chi connectivity index (χ3n) is 3.47. The Morgan fingerprint density at radius 2 is 1.64 bits per heavy atom. The summed E-state index contributed by atoms with van der Waals surface area (Å²) in [5.74, 6) is -1.52. The van der Waals surface area contributed by atoms with Crippen LogP contribution in [-0.2, 0) is 7.05 Å². The highest BCUT2D eigenvalue weighted by Crippen LogP contribution is 2.31. The van der Waals surface area contributed by atoms with E-state index in [0.717, 1.165) is 6.07 Å². The Balaban J connectivity index is 0.00000176. The van der Waals surface area contributed by atoms with Gasteiger partial charge < -0.3 is 10.3 Å². The minimum Gasteiger partial charge on any atom is -0.396 e. The maximum atomic E-state index is 14.1. The Bertz CT molecular complexity index is 922. The summed E-state index contributed by atoms with van der Waals surface area (Å²) in [6.07, 6.45) is 1.53.